The molecule has 1 rings (SSSR count). The Kier molecular flexibility index (Phi) is 2.81. The number of amides is 1. The molecule has 6 nitrogen and oxygen atoms in total. The van der Waals surface area contributed by atoms with Gasteiger partial charge in [0.2, 0.25) is 11.4 Å². The van der Waals surface area contributed by atoms with Crippen molar-refractivity contribution in [2.24, 2.45) is 0 Å². The van der Waals surface area contributed by atoms with Crippen molar-refractivity contribution in [2.75, 3.05) is 6.54 Å². The Bertz CT molecular complexity index is 310. The number of carboxylic acid groups (broad SMARTS) is 1. The maximum Gasteiger partial charge on any atom is 0.337 e. The molecule has 1 aliphatic heterocycles. The number of aliphatic hydroxyl groups is 1. The van der Waals surface area contributed by atoms with E-state index in [1.165, 1.54) is 6.92 Å². The van der Waals surface area contributed by atoms with Gasteiger partial charge < -0.3 is 15.1 Å². The first-order valence-electron chi connectivity index (χ1n) is 4.53. The fourth-order valence-corrected chi connectivity index (χ4v) is 1.97. The Morgan fingerprint density at radius 3 is 2.13 bits per heavy atom. The highest BCUT2D eigenvalue weighted by atomic mass is 16.4. The highest BCUT2D eigenvalue weighted by Crippen LogP contribution is 2.31. The second-order valence-corrected chi connectivity index (χ2v) is 3.71. The number of aliphatic hydroxyl groups excluding tert-OH is 1. The Hall–Kier alpha value is -1.43. The fourth-order valence-electron chi connectivity index (χ4n) is 1.97. The smallest absolute Gasteiger partial charge is 0.337 e. The predicted octanol–water partition coefficient (Wildman–Crippen LogP) is -0.988. The molecule has 0 aromatic heterocycles. The summed E-state index contributed by atoms with van der Waals surface area (Å²) in [6.45, 7) is 2.18. The fraction of sp³-hybridized carbons (Fsp3) is 0.667. The number of rotatable bonds is 2. The number of hydrogen-bond donors (Lipinski definition) is 2. The molecule has 6 heteroatoms. The summed E-state index contributed by atoms with van der Waals surface area (Å²) in [5, 5.41) is 18.4. The average Bonchev–Trinajstić information content (AvgIpc) is 2.43. The summed E-state index contributed by atoms with van der Waals surface area (Å²) in [6, 6.07) is 0. The van der Waals surface area contributed by atoms with Gasteiger partial charge in [-0.3, -0.25) is 9.59 Å². The van der Waals surface area contributed by atoms with Crippen LogP contribution >= 0.6 is 0 Å². The van der Waals surface area contributed by atoms with Gasteiger partial charge in [0, 0.05) is 19.9 Å². The molecule has 84 valence electrons. The predicted molar refractivity (Wildman–Crippen MR) is 49.1 cm³/mol. The van der Waals surface area contributed by atoms with Crippen molar-refractivity contribution in [3.05, 3.63) is 0 Å². The molecular formula is C9H13NO5. The summed E-state index contributed by atoms with van der Waals surface area (Å²) in [5.74, 6) is -2.55. The number of nitrogens with zero attached hydrogens (tertiary/aromatic N) is 1. The molecular weight excluding hydrogens is 202 g/mol. The lowest BCUT2D eigenvalue weighted by atomic mass is 9.91. The molecule has 2 N–H and O–H groups in total. The van der Waals surface area contributed by atoms with Crippen molar-refractivity contribution in [3.8, 4) is 0 Å². The molecule has 0 spiro atoms. The molecule has 0 aromatic rings. The molecule has 1 aliphatic rings. The number of carbonyl (C=O) groups excluding carboxylic acids is 2. The quantitative estimate of drug-likeness (QED) is 0.577. The van der Waals surface area contributed by atoms with E-state index in [0.29, 0.717) is 0 Å². The van der Waals surface area contributed by atoms with Crippen molar-refractivity contribution in [1.29, 1.82) is 0 Å². The zero-order valence-corrected chi connectivity index (χ0v) is 8.56. The minimum absolute atomic E-state index is 0.110. The minimum Gasteiger partial charge on any atom is -0.479 e. The summed E-state index contributed by atoms with van der Waals surface area (Å²) >= 11 is 0. The van der Waals surface area contributed by atoms with E-state index in [9.17, 15) is 19.5 Å². The number of Topliss-reactive ketones (excluding diaryl/α,β-unsaturated/α-hetero) is 1. The second-order valence-electron chi connectivity index (χ2n) is 3.71. The number of ketones is 1. The summed E-state index contributed by atoms with van der Waals surface area (Å²) < 4.78 is 0. The van der Waals surface area contributed by atoms with Crippen molar-refractivity contribution >= 4 is 17.7 Å². The van der Waals surface area contributed by atoms with E-state index in [1.54, 1.807) is 0 Å². The van der Waals surface area contributed by atoms with Gasteiger partial charge in [0.1, 0.15) is 0 Å². The zero-order chi connectivity index (χ0) is 11.8. The number of likely N-dealkylation sites (tertiary alicyclic amines) is 1. The first-order valence-corrected chi connectivity index (χ1v) is 4.53. The Morgan fingerprint density at radius 1 is 1.33 bits per heavy atom. The standard InChI is InChI=1S/C9H13NO5/c1-5(11)9(8(14)15)3-7(13)4-10(9)6(2)12/h7,13H,3-4H2,1-2H3,(H,14,15)/t7-,9-/m1/s1. The van der Waals surface area contributed by atoms with E-state index in [0.717, 1.165) is 11.8 Å². The van der Waals surface area contributed by atoms with Gasteiger partial charge in [-0.1, -0.05) is 0 Å². The molecule has 1 fully saturated rings. The van der Waals surface area contributed by atoms with Crippen LogP contribution in [-0.4, -0.2) is 51.0 Å². The largest absolute Gasteiger partial charge is 0.479 e. The van der Waals surface area contributed by atoms with Gasteiger partial charge in [0.25, 0.3) is 0 Å². The maximum atomic E-state index is 11.4. The normalized spacial score (nSPS) is 30.3. The summed E-state index contributed by atoms with van der Waals surface area (Å²) in [5.41, 5.74) is -1.88. The lowest BCUT2D eigenvalue weighted by Gasteiger charge is -2.30. The van der Waals surface area contributed by atoms with Gasteiger partial charge in [-0.15, -0.1) is 0 Å². The van der Waals surface area contributed by atoms with E-state index in [-0.39, 0.29) is 13.0 Å². The molecule has 0 saturated carbocycles. The van der Waals surface area contributed by atoms with Crippen molar-refractivity contribution in [3.63, 3.8) is 0 Å². The van der Waals surface area contributed by atoms with E-state index in [4.69, 9.17) is 5.11 Å². The van der Waals surface area contributed by atoms with E-state index in [1.807, 2.05) is 0 Å². The summed E-state index contributed by atoms with van der Waals surface area (Å²) in [6.07, 6.45) is -1.20. The van der Waals surface area contributed by atoms with Gasteiger partial charge in [-0.05, 0) is 6.92 Å². The van der Waals surface area contributed by atoms with Crippen LogP contribution in [0.5, 0.6) is 0 Å². The van der Waals surface area contributed by atoms with Crippen molar-refractivity contribution < 1.29 is 24.6 Å². The molecule has 1 saturated heterocycles. The minimum atomic E-state index is -1.88. The SMILES string of the molecule is CC(=O)N1C[C@H](O)C[C@@]1(C(C)=O)C(=O)O. The number of β-amino-alcohol motifs (C(OH)–C–C–N with tert-alkyl or cyclic N) is 1. The highest BCUT2D eigenvalue weighted by molar-refractivity contribution is 6.09. The van der Waals surface area contributed by atoms with Crippen LogP contribution in [0.2, 0.25) is 0 Å². The van der Waals surface area contributed by atoms with Gasteiger partial charge >= 0.3 is 5.97 Å². The Morgan fingerprint density at radius 2 is 1.87 bits per heavy atom. The average molecular weight is 215 g/mol. The van der Waals surface area contributed by atoms with Crippen LogP contribution in [-0.2, 0) is 14.4 Å². The van der Waals surface area contributed by atoms with Gasteiger partial charge in [-0.2, -0.15) is 0 Å². The molecule has 0 aromatic carbocycles. The topological polar surface area (TPSA) is 94.9 Å². The highest BCUT2D eigenvalue weighted by Gasteiger charge is 2.56. The van der Waals surface area contributed by atoms with Crippen LogP contribution in [0, 0.1) is 0 Å². The lowest BCUT2D eigenvalue weighted by Crippen LogP contribution is -2.57. The number of carbonyl (C=O) groups is 3. The number of carboxylic acids is 1. The van der Waals surface area contributed by atoms with Gasteiger partial charge in [-0.25, -0.2) is 4.79 Å². The first-order chi connectivity index (χ1) is 6.82. The molecule has 2 atom stereocenters. The molecule has 1 heterocycles. The molecule has 0 bridgehead atoms. The summed E-state index contributed by atoms with van der Waals surface area (Å²) in [4.78, 5) is 34.6. The summed E-state index contributed by atoms with van der Waals surface area (Å²) in [7, 11) is 0. The number of hydrogen-bond acceptors (Lipinski definition) is 4. The Balaban J connectivity index is 3.21. The van der Waals surface area contributed by atoms with Crippen LogP contribution < -0.4 is 0 Å². The van der Waals surface area contributed by atoms with Crippen LogP contribution in [0.4, 0.5) is 0 Å². The second kappa shape index (κ2) is 3.62. The lowest BCUT2D eigenvalue weighted by molar-refractivity contribution is -0.160. The van der Waals surface area contributed by atoms with Crippen molar-refractivity contribution in [2.45, 2.75) is 31.9 Å². The molecule has 0 aliphatic carbocycles. The van der Waals surface area contributed by atoms with Crippen LogP contribution in [0.15, 0.2) is 0 Å². The third-order valence-corrected chi connectivity index (χ3v) is 2.70. The third kappa shape index (κ3) is 1.61. The monoisotopic (exact) mass is 215 g/mol. The van der Waals surface area contributed by atoms with Crippen LogP contribution in [0.1, 0.15) is 20.3 Å². The molecule has 15 heavy (non-hydrogen) atoms. The third-order valence-electron chi connectivity index (χ3n) is 2.70. The van der Waals surface area contributed by atoms with E-state index in [2.05, 4.69) is 0 Å². The van der Waals surface area contributed by atoms with Crippen LogP contribution in [0.25, 0.3) is 0 Å². The number of aliphatic carboxylic acids is 1. The molecule has 1 amide bonds. The molecule has 0 radical (unpaired) electrons. The van der Waals surface area contributed by atoms with Crippen molar-refractivity contribution in [1.82, 2.24) is 4.90 Å². The molecule has 0 unspecified atom stereocenters. The van der Waals surface area contributed by atoms with Gasteiger partial charge in [0.15, 0.2) is 5.78 Å². The Labute approximate surface area is 86.5 Å². The zero-order valence-electron chi connectivity index (χ0n) is 8.56. The first kappa shape index (κ1) is 11.6. The van der Waals surface area contributed by atoms with Gasteiger partial charge in [0.05, 0.1) is 6.10 Å². The van der Waals surface area contributed by atoms with E-state index >= 15 is 0 Å². The maximum absolute atomic E-state index is 11.4. The van der Waals surface area contributed by atoms with E-state index < -0.39 is 29.3 Å². The van der Waals surface area contributed by atoms with Crippen LogP contribution in [0.3, 0.4) is 0 Å².